The minimum absolute atomic E-state index is 0.134. The number of rotatable bonds is 4. The maximum atomic E-state index is 12.2. The lowest BCUT2D eigenvalue weighted by atomic mass is 10.1. The first-order valence-electron chi connectivity index (χ1n) is 6.69. The smallest absolute Gasteiger partial charge is 0.255 e. The van der Waals surface area contributed by atoms with Crippen molar-refractivity contribution in [1.29, 1.82) is 0 Å². The third-order valence-electron chi connectivity index (χ3n) is 3.11. The van der Waals surface area contributed by atoms with E-state index in [-0.39, 0.29) is 5.91 Å². The van der Waals surface area contributed by atoms with Crippen molar-refractivity contribution in [2.24, 2.45) is 0 Å². The van der Waals surface area contributed by atoms with Crippen LogP contribution < -0.4 is 5.32 Å². The van der Waals surface area contributed by atoms with Crippen molar-refractivity contribution in [2.45, 2.75) is 6.54 Å². The number of carbonyl (C=O) groups is 1. The second kappa shape index (κ2) is 6.53. The van der Waals surface area contributed by atoms with Gasteiger partial charge >= 0.3 is 0 Å². The number of amides is 1. The summed E-state index contributed by atoms with van der Waals surface area (Å²) in [5, 5.41) is 6.92. The Morgan fingerprint density at radius 2 is 2.00 bits per heavy atom. The predicted octanol–water partition coefficient (Wildman–Crippen LogP) is 3.34. The van der Waals surface area contributed by atoms with Gasteiger partial charge in [0.1, 0.15) is 12.7 Å². The van der Waals surface area contributed by atoms with Crippen LogP contribution in [0.1, 0.15) is 15.9 Å². The van der Waals surface area contributed by atoms with E-state index < -0.39 is 0 Å². The molecule has 1 N–H and O–H groups in total. The van der Waals surface area contributed by atoms with E-state index in [0.29, 0.717) is 12.1 Å². The zero-order valence-corrected chi connectivity index (χ0v) is 13.2. The molecule has 5 nitrogen and oxygen atoms in total. The summed E-state index contributed by atoms with van der Waals surface area (Å²) in [6.07, 6.45) is 3.16. The number of nitrogens with one attached hydrogen (secondary N) is 1. The van der Waals surface area contributed by atoms with Crippen LogP contribution in [0, 0.1) is 0 Å². The zero-order chi connectivity index (χ0) is 15.4. The summed E-state index contributed by atoms with van der Waals surface area (Å²) in [4.78, 5) is 16.1. The molecule has 0 saturated carbocycles. The first-order chi connectivity index (χ1) is 10.7. The summed E-state index contributed by atoms with van der Waals surface area (Å²) in [5.41, 5.74) is 2.43. The first kappa shape index (κ1) is 14.5. The molecular weight excluding hydrogens is 344 g/mol. The molecule has 0 fully saturated rings. The van der Waals surface area contributed by atoms with Crippen molar-refractivity contribution in [2.75, 3.05) is 5.32 Å². The summed E-state index contributed by atoms with van der Waals surface area (Å²) in [5.74, 6) is -0.134. The van der Waals surface area contributed by atoms with Crippen molar-refractivity contribution in [1.82, 2.24) is 14.8 Å². The molecule has 22 heavy (non-hydrogen) atoms. The predicted molar refractivity (Wildman–Crippen MR) is 87.7 cm³/mol. The summed E-state index contributed by atoms with van der Waals surface area (Å²) < 4.78 is 2.66. The summed E-state index contributed by atoms with van der Waals surface area (Å²) in [7, 11) is 0. The van der Waals surface area contributed by atoms with Crippen LogP contribution in [0.2, 0.25) is 0 Å². The minimum atomic E-state index is -0.134. The van der Waals surface area contributed by atoms with Crippen LogP contribution in [0.3, 0.4) is 0 Å². The lowest BCUT2D eigenvalue weighted by molar-refractivity contribution is 0.102. The Morgan fingerprint density at radius 3 is 2.68 bits per heavy atom. The average Bonchev–Trinajstić information content (AvgIpc) is 3.01. The normalized spacial score (nSPS) is 10.4. The Hall–Kier alpha value is -2.47. The van der Waals surface area contributed by atoms with Gasteiger partial charge in [-0.2, -0.15) is 5.10 Å². The molecule has 1 amide bonds. The summed E-state index contributed by atoms with van der Waals surface area (Å²) in [6, 6.07) is 14.9. The molecule has 6 heteroatoms. The molecule has 0 spiro atoms. The van der Waals surface area contributed by atoms with Gasteiger partial charge in [0.15, 0.2) is 0 Å². The van der Waals surface area contributed by atoms with E-state index in [9.17, 15) is 4.79 Å². The van der Waals surface area contributed by atoms with Crippen LogP contribution in [-0.2, 0) is 6.54 Å². The molecule has 0 aliphatic heterocycles. The highest BCUT2D eigenvalue weighted by Crippen LogP contribution is 2.16. The third-order valence-corrected chi connectivity index (χ3v) is 3.60. The number of halogens is 1. The Labute approximate surface area is 136 Å². The monoisotopic (exact) mass is 356 g/mol. The van der Waals surface area contributed by atoms with E-state index in [0.717, 1.165) is 15.7 Å². The van der Waals surface area contributed by atoms with Crippen LogP contribution in [0.5, 0.6) is 0 Å². The molecule has 0 saturated heterocycles. The zero-order valence-electron chi connectivity index (χ0n) is 11.6. The fourth-order valence-corrected chi connectivity index (χ4v) is 2.43. The van der Waals surface area contributed by atoms with E-state index in [1.165, 1.54) is 6.33 Å². The fourth-order valence-electron chi connectivity index (χ4n) is 2.03. The highest BCUT2D eigenvalue weighted by atomic mass is 79.9. The van der Waals surface area contributed by atoms with Crippen LogP contribution >= 0.6 is 15.9 Å². The third kappa shape index (κ3) is 3.59. The van der Waals surface area contributed by atoms with Gasteiger partial charge in [-0.15, -0.1) is 0 Å². The van der Waals surface area contributed by atoms with Crippen molar-refractivity contribution in [3.05, 3.63) is 76.8 Å². The molecule has 0 radical (unpaired) electrons. The highest BCUT2D eigenvalue weighted by molar-refractivity contribution is 9.10. The van der Waals surface area contributed by atoms with Gasteiger partial charge in [0.05, 0.1) is 6.54 Å². The Balaban J connectivity index is 1.68. The average molecular weight is 357 g/mol. The van der Waals surface area contributed by atoms with E-state index in [4.69, 9.17) is 0 Å². The summed E-state index contributed by atoms with van der Waals surface area (Å²) in [6.45, 7) is 0.632. The number of anilines is 1. The molecule has 110 valence electrons. The Bertz CT molecular complexity index is 769. The molecule has 2 aromatic carbocycles. The molecule has 1 heterocycles. The largest absolute Gasteiger partial charge is 0.322 e. The summed E-state index contributed by atoms with van der Waals surface area (Å²) >= 11 is 3.38. The maximum absolute atomic E-state index is 12.2. The molecule has 3 aromatic rings. The molecule has 0 unspecified atom stereocenters. The van der Waals surface area contributed by atoms with Crippen molar-refractivity contribution < 1.29 is 4.79 Å². The standard InChI is InChI=1S/C16H13BrN4O/c17-14-2-1-3-15(8-14)20-16(22)13-6-4-12(5-7-13)9-21-11-18-10-19-21/h1-8,10-11H,9H2,(H,20,22). The Kier molecular flexibility index (Phi) is 4.29. The minimum Gasteiger partial charge on any atom is -0.322 e. The maximum Gasteiger partial charge on any atom is 0.255 e. The van der Waals surface area contributed by atoms with Crippen molar-refractivity contribution in [3.8, 4) is 0 Å². The van der Waals surface area contributed by atoms with E-state index in [1.807, 2.05) is 36.4 Å². The second-order valence-electron chi connectivity index (χ2n) is 4.75. The number of nitrogens with zero attached hydrogens (tertiary/aromatic N) is 3. The van der Waals surface area contributed by atoms with Crippen LogP contribution in [-0.4, -0.2) is 20.7 Å². The SMILES string of the molecule is O=C(Nc1cccc(Br)c1)c1ccc(Cn2cncn2)cc1. The van der Waals surface area contributed by atoms with Gasteiger partial charge in [-0.25, -0.2) is 9.67 Å². The molecule has 0 bridgehead atoms. The van der Waals surface area contributed by atoms with E-state index in [2.05, 4.69) is 31.3 Å². The van der Waals surface area contributed by atoms with Crippen molar-refractivity contribution in [3.63, 3.8) is 0 Å². The number of aromatic nitrogens is 3. The Morgan fingerprint density at radius 1 is 1.18 bits per heavy atom. The molecule has 1 aromatic heterocycles. The molecule has 0 aliphatic rings. The van der Waals surface area contributed by atoms with Crippen LogP contribution in [0.15, 0.2) is 65.7 Å². The van der Waals surface area contributed by atoms with Gasteiger partial charge in [-0.1, -0.05) is 34.1 Å². The topological polar surface area (TPSA) is 59.8 Å². The number of carbonyl (C=O) groups excluding carboxylic acids is 1. The lowest BCUT2D eigenvalue weighted by Crippen LogP contribution is -2.12. The quantitative estimate of drug-likeness (QED) is 0.779. The molecule has 0 aliphatic carbocycles. The van der Waals surface area contributed by atoms with Gasteiger partial charge < -0.3 is 5.32 Å². The van der Waals surface area contributed by atoms with Gasteiger partial charge in [-0.3, -0.25) is 4.79 Å². The highest BCUT2D eigenvalue weighted by Gasteiger charge is 2.06. The van der Waals surface area contributed by atoms with E-state index >= 15 is 0 Å². The lowest BCUT2D eigenvalue weighted by Gasteiger charge is -2.07. The first-order valence-corrected chi connectivity index (χ1v) is 7.48. The molecule has 3 rings (SSSR count). The number of hydrogen-bond acceptors (Lipinski definition) is 3. The van der Waals surface area contributed by atoms with Gasteiger partial charge in [0.25, 0.3) is 5.91 Å². The van der Waals surface area contributed by atoms with Gasteiger partial charge in [0.2, 0.25) is 0 Å². The molecule has 0 atom stereocenters. The number of hydrogen-bond donors (Lipinski definition) is 1. The van der Waals surface area contributed by atoms with Crippen molar-refractivity contribution >= 4 is 27.5 Å². The number of benzene rings is 2. The van der Waals surface area contributed by atoms with E-state index in [1.54, 1.807) is 23.1 Å². The molecular formula is C16H13BrN4O. The van der Waals surface area contributed by atoms with Gasteiger partial charge in [-0.05, 0) is 35.9 Å². The van der Waals surface area contributed by atoms with Crippen LogP contribution in [0.25, 0.3) is 0 Å². The van der Waals surface area contributed by atoms with Gasteiger partial charge in [0, 0.05) is 15.7 Å². The fraction of sp³-hybridized carbons (Fsp3) is 0.0625. The second-order valence-corrected chi connectivity index (χ2v) is 5.67. The van der Waals surface area contributed by atoms with Crippen LogP contribution in [0.4, 0.5) is 5.69 Å².